The molecule has 0 radical (unpaired) electrons. The summed E-state index contributed by atoms with van der Waals surface area (Å²) in [5.41, 5.74) is 2.98. The minimum absolute atomic E-state index is 0.0298. The van der Waals surface area contributed by atoms with Crippen LogP contribution in [0.25, 0.3) is 0 Å². The minimum atomic E-state index is -0.451. The van der Waals surface area contributed by atoms with Gasteiger partial charge in [-0.25, -0.2) is 0 Å². The number of hydrogen-bond donors (Lipinski definition) is 0. The fourth-order valence-corrected chi connectivity index (χ4v) is 2.97. The van der Waals surface area contributed by atoms with Crippen LogP contribution in [0.15, 0.2) is 6.07 Å². The van der Waals surface area contributed by atoms with E-state index in [4.69, 9.17) is 11.6 Å². The van der Waals surface area contributed by atoms with Gasteiger partial charge in [0, 0.05) is 30.0 Å². The van der Waals surface area contributed by atoms with E-state index < -0.39 is 5.38 Å². The molecule has 2 heterocycles. The fourth-order valence-electron chi connectivity index (χ4n) is 2.86. The van der Waals surface area contributed by atoms with Crippen LogP contribution in [0.5, 0.6) is 0 Å². The molecule has 1 aliphatic heterocycles. The van der Waals surface area contributed by atoms with E-state index in [1.54, 1.807) is 6.92 Å². The third-order valence-corrected chi connectivity index (χ3v) is 4.24. The molecule has 0 N–H and O–H groups in total. The lowest BCUT2D eigenvalue weighted by Gasteiger charge is -2.17. The second-order valence-corrected chi connectivity index (χ2v) is 6.12. The Morgan fingerprint density at radius 2 is 1.95 bits per heavy atom. The Bertz CT molecular complexity index is 459. The van der Waals surface area contributed by atoms with Crippen LogP contribution in [0.1, 0.15) is 41.5 Å². The number of nitrogens with zero attached hydrogens (tertiary/aromatic N) is 2. The van der Waals surface area contributed by atoms with Crippen molar-refractivity contribution in [3.63, 3.8) is 0 Å². The van der Waals surface area contributed by atoms with Gasteiger partial charge in [-0.05, 0) is 52.8 Å². The maximum atomic E-state index is 12.0. The molecular weight excluding hydrogens is 260 g/mol. The van der Waals surface area contributed by atoms with Crippen molar-refractivity contribution < 1.29 is 4.79 Å². The summed E-state index contributed by atoms with van der Waals surface area (Å²) >= 11 is 5.91. The number of ketones is 1. The van der Waals surface area contributed by atoms with E-state index in [9.17, 15) is 4.79 Å². The molecular formula is C15H23ClN2O. The zero-order valence-corrected chi connectivity index (χ0v) is 12.8. The number of aromatic nitrogens is 1. The average Bonchev–Trinajstić information content (AvgIpc) is 2.96. The molecule has 1 fully saturated rings. The van der Waals surface area contributed by atoms with Crippen molar-refractivity contribution in [2.45, 2.75) is 45.5 Å². The van der Waals surface area contributed by atoms with Crippen molar-refractivity contribution in [1.82, 2.24) is 9.47 Å². The van der Waals surface area contributed by atoms with Gasteiger partial charge < -0.3 is 9.47 Å². The number of alkyl halides is 1. The molecule has 0 amide bonds. The number of carbonyl (C=O) groups is 1. The van der Waals surface area contributed by atoms with Crippen molar-refractivity contribution in [2.75, 3.05) is 19.6 Å². The van der Waals surface area contributed by atoms with Gasteiger partial charge in [0.05, 0.1) is 5.38 Å². The average molecular weight is 283 g/mol. The zero-order chi connectivity index (χ0) is 14.0. The second kappa shape index (κ2) is 6.10. The van der Waals surface area contributed by atoms with Crippen molar-refractivity contribution in [3.8, 4) is 0 Å². The van der Waals surface area contributed by atoms with Crippen LogP contribution >= 0.6 is 11.6 Å². The first-order valence-corrected chi connectivity index (χ1v) is 7.51. The van der Waals surface area contributed by atoms with Gasteiger partial charge >= 0.3 is 0 Å². The zero-order valence-electron chi connectivity index (χ0n) is 12.1. The lowest BCUT2D eigenvalue weighted by atomic mass is 10.1. The van der Waals surface area contributed by atoms with E-state index in [1.807, 2.05) is 13.0 Å². The Morgan fingerprint density at radius 1 is 1.32 bits per heavy atom. The van der Waals surface area contributed by atoms with Gasteiger partial charge in [0.15, 0.2) is 5.78 Å². The molecule has 1 aromatic rings. The van der Waals surface area contributed by atoms with E-state index in [0.717, 1.165) is 30.0 Å². The molecule has 1 atom stereocenters. The highest BCUT2D eigenvalue weighted by Crippen LogP contribution is 2.19. The molecule has 3 nitrogen and oxygen atoms in total. The molecule has 106 valence electrons. The van der Waals surface area contributed by atoms with Gasteiger partial charge in [0.2, 0.25) is 0 Å². The quantitative estimate of drug-likeness (QED) is 0.613. The van der Waals surface area contributed by atoms with Crippen LogP contribution in [0.2, 0.25) is 0 Å². The molecule has 0 saturated carbocycles. The first-order chi connectivity index (χ1) is 9.00. The maximum Gasteiger partial charge on any atom is 0.182 e. The highest BCUT2D eigenvalue weighted by molar-refractivity contribution is 6.33. The van der Waals surface area contributed by atoms with Crippen molar-refractivity contribution in [1.29, 1.82) is 0 Å². The number of aryl methyl sites for hydroxylation is 1. The predicted octanol–water partition coefficient (Wildman–Crippen LogP) is 3.01. The monoisotopic (exact) mass is 282 g/mol. The first-order valence-electron chi connectivity index (χ1n) is 7.08. The third kappa shape index (κ3) is 3.21. The molecule has 1 aliphatic rings. The van der Waals surface area contributed by atoms with Crippen LogP contribution in [-0.2, 0) is 6.54 Å². The van der Waals surface area contributed by atoms with Crippen molar-refractivity contribution in [3.05, 3.63) is 23.0 Å². The van der Waals surface area contributed by atoms with Crippen LogP contribution in [0, 0.1) is 13.8 Å². The van der Waals surface area contributed by atoms with Crippen LogP contribution in [0.4, 0.5) is 0 Å². The van der Waals surface area contributed by atoms with Gasteiger partial charge in [-0.2, -0.15) is 0 Å². The fraction of sp³-hybridized carbons (Fsp3) is 0.667. The van der Waals surface area contributed by atoms with Crippen LogP contribution in [0.3, 0.4) is 0 Å². The Balaban J connectivity index is 2.10. The van der Waals surface area contributed by atoms with E-state index in [1.165, 1.54) is 25.9 Å². The number of Topliss-reactive ketones (excluding diaryl/α,β-unsaturated/α-hetero) is 1. The standard InChI is InChI=1S/C15H23ClN2O/c1-11-10-14(15(19)12(2)16)13(3)18(11)9-8-17-6-4-5-7-17/h10,12H,4-9H2,1-3H3. The normalized spacial score (nSPS) is 17.9. The SMILES string of the molecule is Cc1cc(C(=O)C(C)Cl)c(C)n1CCN1CCCC1. The molecule has 0 bridgehead atoms. The molecule has 0 aromatic carbocycles. The Kier molecular flexibility index (Phi) is 4.69. The van der Waals surface area contributed by atoms with Crippen LogP contribution in [-0.4, -0.2) is 40.3 Å². The van der Waals surface area contributed by atoms with E-state index in [0.29, 0.717) is 0 Å². The molecule has 19 heavy (non-hydrogen) atoms. The third-order valence-electron chi connectivity index (χ3n) is 4.04. The summed E-state index contributed by atoms with van der Waals surface area (Å²) in [4.78, 5) is 14.5. The summed E-state index contributed by atoms with van der Waals surface area (Å²) in [5.74, 6) is 0.0298. The predicted molar refractivity (Wildman–Crippen MR) is 79.2 cm³/mol. The highest BCUT2D eigenvalue weighted by Gasteiger charge is 2.20. The second-order valence-electron chi connectivity index (χ2n) is 5.47. The topological polar surface area (TPSA) is 25.2 Å². The van der Waals surface area contributed by atoms with Gasteiger partial charge in [-0.1, -0.05) is 0 Å². The van der Waals surface area contributed by atoms with E-state index in [-0.39, 0.29) is 5.78 Å². The summed E-state index contributed by atoms with van der Waals surface area (Å²) in [6.07, 6.45) is 2.63. The van der Waals surface area contributed by atoms with E-state index >= 15 is 0 Å². The number of halogens is 1. The molecule has 0 aliphatic carbocycles. The van der Waals surface area contributed by atoms with Crippen LogP contribution < -0.4 is 0 Å². The van der Waals surface area contributed by atoms with Gasteiger partial charge in [-0.15, -0.1) is 11.6 Å². The lowest BCUT2D eigenvalue weighted by Crippen LogP contribution is -2.25. The lowest BCUT2D eigenvalue weighted by molar-refractivity contribution is 0.0991. The number of likely N-dealkylation sites (tertiary alicyclic amines) is 1. The largest absolute Gasteiger partial charge is 0.347 e. The van der Waals surface area contributed by atoms with Crippen molar-refractivity contribution >= 4 is 17.4 Å². The number of carbonyl (C=O) groups excluding carboxylic acids is 1. The molecule has 0 spiro atoms. The Morgan fingerprint density at radius 3 is 2.53 bits per heavy atom. The van der Waals surface area contributed by atoms with Crippen molar-refractivity contribution in [2.24, 2.45) is 0 Å². The Labute approximate surface area is 120 Å². The molecule has 2 rings (SSSR count). The maximum absolute atomic E-state index is 12.0. The Hall–Kier alpha value is -0.800. The summed E-state index contributed by atoms with van der Waals surface area (Å²) in [7, 11) is 0. The van der Waals surface area contributed by atoms with E-state index in [2.05, 4.69) is 16.4 Å². The number of rotatable bonds is 5. The first kappa shape index (κ1) is 14.6. The molecule has 1 unspecified atom stereocenters. The minimum Gasteiger partial charge on any atom is -0.347 e. The molecule has 1 aromatic heterocycles. The van der Waals surface area contributed by atoms with Gasteiger partial charge in [0.25, 0.3) is 0 Å². The molecule has 1 saturated heterocycles. The number of hydrogen-bond acceptors (Lipinski definition) is 2. The smallest absolute Gasteiger partial charge is 0.182 e. The summed E-state index contributed by atoms with van der Waals surface area (Å²) in [6, 6.07) is 1.97. The summed E-state index contributed by atoms with van der Waals surface area (Å²) < 4.78 is 2.24. The highest BCUT2D eigenvalue weighted by atomic mass is 35.5. The summed E-state index contributed by atoms with van der Waals surface area (Å²) in [6.45, 7) is 10.3. The summed E-state index contributed by atoms with van der Waals surface area (Å²) in [5, 5.41) is -0.451. The van der Waals surface area contributed by atoms with Gasteiger partial charge in [-0.3, -0.25) is 4.79 Å². The van der Waals surface area contributed by atoms with Gasteiger partial charge in [0.1, 0.15) is 0 Å². The molecule has 4 heteroatoms.